The molecule has 1 heterocycles. The van der Waals surface area contributed by atoms with Gasteiger partial charge in [-0.1, -0.05) is 0 Å². The van der Waals surface area contributed by atoms with E-state index >= 15 is 0 Å². The topological polar surface area (TPSA) is 42.4 Å². The second kappa shape index (κ2) is 4.51. The molecular formula is C11H17BFNO2. The van der Waals surface area contributed by atoms with Crippen LogP contribution in [-0.4, -0.2) is 28.8 Å². The zero-order valence-electron chi connectivity index (χ0n) is 10.1. The molecule has 1 rings (SSSR count). The second-order valence-electron chi connectivity index (χ2n) is 4.83. The Morgan fingerprint density at radius 1 is 1.38 bits per heavy atom. The number of halogens is 1. The number of pyridine rings is 1. The Balaban J connectivity index is 2.69. The molecule has 0 aliphatic rings. The van der Waals surface area contributed by atoms with Crippen LogP contribution in [0.1, 0.15) is 27.7 Å². The number of hydrogen-bond acceptors (Lipinski definition) is 3. The first-order chi connectivity index (χ1) is 7.24. The largest absolute Gasteiger partial charge is 0.427 e. The van der Waals surface area contributed by atoms with Gasteiger partial charge in [0.2, 0.25) is 0 Å². The molecule has 88 valence electrons. The highest BCUT2D eigenvalue weighted by atomic mass is 19.1. The predicted octanol–water partition coefficient (Wildman–Crippen LogP) is 0.764. The van der Waals surface area contributed by atoms with Crippen molar-refractivity contribution in [1.82, 2.24) is 4.98 Å². The zero-order valence-corrected chi connectivity index (χ0v) is 10.1. The van der Waals surface area contributed by atoms with E-state index in [1.54, 1.807) is 33.8 Å². The van der Waals surface area contributed by atoms with Crippen molar-refractivity contribution in [2.24, 2.45) is 0 Å². The summed E-state index contributed by atoms with van der Waals surface area (Å²) in [6.07, 6.45) is 2.66. The fraction of sp³-hybridized carbons (Fsp3) is 0.545. The maximum atomic E-state index is 13.3. The van der Waals surface area contributed by atoms with Crippen molar-refractivity contribution in [2.75, 3.05) is 0 Å². The molecule has 0 saturated heterocycles. The Bertz CT molecular complexity index is 363. The Morgan fingerprint density at radius 3 is 2.50 bits per heavy atom. The third-order valence-electron chi connectivity index (χ3n) is 2.92. The van der Waals surface area contributed by atoms with E-state index < -0.39 is 17.0 Å². The second-order valence-corrected chi connectivity index (χ2v) is 4.83. The molecular weight excluding hydrogens is 208 g/mol. The van der Waals surface area contributed by atoms with Crippen LogP contribution in [0.3, 0.4) is 0 Å². The van der Waals surface area contributed by atoms with Crippen molar-refractivity contribution in [1.29, 1.82) is 0 Å². The van der Waals surface area contributed by atoms with Gasteiger partial charge in [0, 0.05) is 6.20 Å². The molecule has 0 aliphatic heterocycles. The minimum atomic E-state index is -0.990. The van der Waals surface area contributed by atoms with Crippen molar-refractivity contribution < 1.29 is 14.2 Å². The highest BCUT2D eigenvalue weighted by Crippen LogP contribution is 2.24. The Morgan fingerprint density at radius 2 is 2.00 bits per heavy atom. The number of nitrogens with zero attached hydrogens (tertiary/aromatic N) is 1. The first-order valence-electron chi connectivity index (χ1n) is 5.19. The summed E-state index contributed by atoms with van der Waals surface area (Å²) in [4.78, 5) is 3.66. The molecule has 1 N–H and O–H groups in total. The van der Waals surface area contributed by atoms with E-state index in [0.29, 0.717) is 5.46 Å². The van der Waals surface area contributed by atoms with Crippen molar-refractivity contribution in [3.8, 4) is 0 Å². The predicted molar refractivity (Wildman–Crippen MR) is 62.4 cm³/mol. The smallest absolute Gasteiger partial charge is 0.312 e. The number of rotatable bonds is 4. The Hall–Kier alpha value is -0.935. The van der Waals surface area contributed by atoms with Gasteiger partial charge in [-0.25, -0.2) is 4.39 Å². The summed E-state index contributed by atoms with van der Waals surface area (Å²) < 4.78 is 18.8. The van der Waals surface area contributed by atoms with E-state index in [1.165, 1.54) is 6.20 Å². The molecule has 0 aromatic carbocycles. The zero-order chi connectivity index (χ0) is 12.4. The van der Waals surface area contributed by atoms with E-state index in [1.807, 2.05) is 0 Å². The molecule has 0 fully saturated rings. The minimum absolute atomic E-state index is 0.116. The van der Waals surface area contributed by atoms with E-state index in [4.69, 9.17) is 4.65 Å². The summed E-state index contributed by atoms with van der Waals surface area (Å²) in [5.74, 6) is -0.394. The standard InChI is InChI=1S/C11H17BFNO2/c1-10(2,15)11(3,4)16-12-8-5-6-14-7-9(8)13/h5-7,12,15H,1-4H3. The van der Waals surface area contributed by atoms with Crippen LogP contribution in [0, 0.1) is 5.82 Å². The van der Waals surface area contributed by atoms with Gasteiger partial charge in [0.25, 0.3) is 0 Å². The first-order valence-corrected chi connectivity index (χ1v) is 5.19. The molecule has 16 heavy (non-hydrogen) atoms. The molecule has 1 aromatic heterocycles. The van der Waals surface area contributed by atoms with Crippen LogP contribution in [0.15, 0.2) is 18.5 Å². The maximum absolute atomic E-state index is 13.3. The van der Waals surface area contributed by atoms with Gasteiger partial charge in [-0.15, -0.1) is 0 Å². The molecule has 0 radical (unpaired) electrons. The molecule has 0 unspecified atom stereocenters. The van der Waals surface area contributed by atoms with E-state index in [-0.39, 0.29) is 7.48 Å². The van der Waals surface area contributed by atoms with Gasteiger partial charge in [-0.3, -0.25) is 4.98 Å². The average Bonchev–Trinajstić information content (AvgIpc) is 2.15. The van der Waals surface area contributed by atoms with Crippen LogP contribution in [-0.2, 0) is 4.65 Å². The summed E-state index contributed by atoms with van der Waals surface area (Å²) in [5, 5.41) is 9.86. The Kier molecular flexibility index (Phi) is 3.70. The van der Waals surface area contributed by atoms with E-state index in [0.717, 1.165) is 6.20 Å². The van der Waals surface area contributed by atoms with Gasteiger partial charge < -0.3 is 9.76 Å². The molecule has 1 aromatic rings. The lowest BCUT2D eigenvalue weighted by Gasteiger charge is -2.37. The average molecular weight is 225 g/mol. The number of hydrogen-bond donors (Lipinski definition) is 1. The normalized spacial score (nSPS) is 12.6. The van der Waals surface area contributed by atoms with Crippen LogP contribution >= 0.6 is 0 Å². The maximum Gasteiger partial charge on any atom is 0.312 e. The first kappa shape index (κ1) is 13.1. The molecule has 0 bridgehead atoms. The Labute approximate surface area is 95.9 Å². The summed E-state index contributed by atoms with van der Waals surface area (Å²) in [6.45, 7) is 6.87. The molecule has 0 spiro atoms. The van der Waals surface area contributed by atoms with Gasteiger partial charge in [0.1, 0.15) is 5.82 Å². The number of aliphatic hydroxyl groups is 1. The minimum Gasteiger partial charge on any atom is -0.427 e. The molecule has 0 amide bonds. The fourth-order valence-corrected chi connectivity index (χ4v) is 0.956. The number of aromatic nitrogens is 1. The van der Waals surface area contributed by atoms with Gasteiger partial charge in [0.15, 0.2) is 0 Å². The van der Waals surface area contributed by atoms with Crippen LogP contribution in [0.4, 0.5) is 4.39 Å². The van der Waals surface area contributed by atoms with Crippen molar-refractivity contribution in [2.45, 2.75) is 38.9 Å². The van der Waals surface area contributed by atoms with Crippen molar-refractivity contribution in [3.63, 3.8) is 0 Å². The summed E-state index contributed by atoms with van der Waals surface area (Å²) in [5.41, 5.74) is -1.30. The molecule has 0 saturated carbocycles. The lowest BCUT2D eigenvalue weighted by molar-refractivity contribution is -0.0893. The van der Waals surface area contributed by atoms with Gasteiger partial charge in [-0.05, 0) is 39.2 Å². The van der Waals surface area contributed by atoms with Crippen LogP contribution in [0.25, 0.3) is 0 Å². The quantitative estimate of drug-likeness (QED) is 0.769. The van der Waals surface area contributed by atoms with Gasteiger partial charge in [-0.2, -0.15) is 0 Å². The lowest BCUT2D eigenvalue weighted by atomic mass is 9.83. The third kappa shape index (κ3) is 3.03. The molecule has 5 heteroatoms. The van der Waals surface area contributed by atoms with Crippen LogP contribution in [0.2, 0.25) is 0 Å². The van der Waals surface area contributed by atoms with E-state index in [9.17, 15) is 9.50 Å². The van der Waals surface area contributed by atoms with E-state index in [2.05, 4.69) is 4.98 Å². The van der Waals surface area contributed by atoms with Crippen molar-refractivity contribution >= 4 is 12.9 Å². The summed E-state index contributed by atoms with van der Waals surface area (Å²) in [7, 11) is 0.116. The summed E-state index contributed by atoms with van der Waals surface area (Å²) in [6, 6.07) is 1.57. The summed E-state index contributed by atoms with van der Waals surface area (Å²) >= 11 is 0. The highest BCUT2D eigenvalue weighted by Gasteiger charge is 2.35. The monoisotopic (exact) mass is 225 g/mol. The fourth-order valence-electron chi connectivity index (χ4n) is 0.956. The molecule has 0 atom stereocenters. The van der Waals surface area contributed by atoms with Crippen molar-refractivity contribution in [3.05, 3.63) is 24.3 Å². The lowest BCUT2D eigenvalue weighted by Crippen LogP contribution is -2.49. The van der Waals surface area contributed by atoms with Crippen LogP contribution in [0.5, 0.6) is 0 Å². The van der Waals surface area contributed by atoms with Gasteiger partial charge in [0.05, 0.1) is 17.4 Å². The SMILES string of the molecule is CC(C)(O)C(C)(C)OBc1ccncc1F. The molecule has 0 aliphatic carbocycles. The highest BCUT2D eigenvalue weighted by molar-refractivity contribution is 6.47. The third-order valence-corrected chi connectivity index (χ3v) is 2.92. The molecule has 3 nitrogen and oxygen atoms in total. The van der Waals surface area contributed by atoms with Crippen LogP contribution < -0.4 is 5.46 Å². The van der Waals surface area contributed by atoms with Gasteiger partial charge >= 0.3 is 7.48 Å².